The molecule has 0 aromatic heterocycles. The summed E-state index contributed by atoms with van der Waals surface area (Å²) in [5.74, 6) is 0. The first-order valence-corrected chi connectivity index (χ1v) is 5.64. The number of halogens is 1. The molecule has 0 radical (unpaired) electrons. The van der Waals surface area contributed by atoms with Gasteiger partial charge in [0, 0.05) is 6.42 Å². The molecule has 1 nitrogen and oxygen atoms in total. The first-order valence-electron chi connectivity index (χ1n) is 4.56. The molecule has 2 heteroatoms. The standard InChI is InChI=1S/C10H17IO/c1-2-3-4-5-6-7-8-9-10(11)12/h2H,1,3-9H2. The summed E-state index contributed by atoms with van der Waals surface area (Å²) < 4.78 is 0.290. The van der Waals surface area contributed by atoms with Gasteiger partial charge in [-0.25, -0.2) is 0 Å². The molecule has 0 heterocycles. The summed E-state index contributed by atoms with van der Waals surface area (Å²) in [6, 6.07) is 0. The highest BCUT2D eigenvalue weighted by Crippen LogP contribution is 2.08. The molecule has 0 spiro atoms. The minimum absolute atomic E-state index is 0.290. The van der Waals surface area contributed by atoms with Crippen LogP contribution in [0.4, 0.5) is 0 Å². The van der Waals surface area contributed by atoms with Gasteiger partial charge >= 0.3 is 0 Å². The lowest BCUT2D eigenvalue weighted by atomic mass is 10.1. The maximum atomic E-state index is 10.6. The average molecular weight is 280 g/mol. The van der Waals surface area contributed by atoms with Crippen LogP contribution in [0.1, 0.15) is 44.9 Å². The third-order valence-electron chi connectivity index (χ3n) is 1.78. The molecule has 0 saturated carbocycles. The van der Waals surface area contributed by atoms with Crippen LogP contribution in [0.15, 0.2) is 12.7 Å². The zero-order valence-corrected chi connectivity index (χ0v) is 9.68. The molecular formula is C10H17IO. The maximum absolute atomic E-state index is 10.6. The van der Waals surface area contributed by atoms with Crippen LogP contribution in [-0.4, -0.2) is 3.79 Å². The number of carbonyl (C=O) groups excluding carboxylic acids is 1. The molecule has 0 amide bonds. The molecule has 0 aliphatic carbocycles. The Labute approximate surface area is 88.8 Å². The fourth-order valence-electron chi connectivity index (χ4n) is 1.08. The lowest BCUT2D eigenvalue weighted by Gasteiger charge is -1.97. The maximum Gasteiger partial charge on any atom is 0.192 e. The fourth-order valence-corrected chi connectivity index (χ4v) is 1.46. The van der Waals surface area contributed by atoms with Crippen LogP contribution >= 0.6 is 22.6 Å². The number of allylic oxidation sites excluding steroid dienone is 1. The van der Waals surface area contributed by atoms with Crippen molar-refractivity contribution in [2.24, 2.45) is 0 Å². The Hall–Kier alpha value is 0.140. The highest BCUT2D eigenvalue weighted by atomic mass is 127. The number of carbonyl (C=O) groups is 1. The highest BCUT2D eigenvalue weighted by molar-refractivity contribution is 14.1. The van der Waals surface area contributed by atoms with Crippen LogP contribution in [0.25, 0.3) is 0 Å². The van der Waals surface area contributed by atoms with E-state index in [1.54, 1.807) is 0 Å². The van der Waals surface area contributed by atoms with E-state index in [2.05, 4.69) is 6.58 Å². The Morgan fingerprint density at radius 1 is 1.17 bits per heavy atom. The fraction of sp³-hybridized carbons (Fsp3) is 0.700. The molecule has 0 bridgehead atoms. The van der Waals surface area contributed by atoms with E-state index in [1.165, 1.54) is 25.7 Å². The smallest absolute Gasteiger partial charge is 0.192 e. The van der Waals surface area contributed by atoms with Gasteiger partial charge in [0.2, 0.25) is 0 Å². The number of hydrogen-bond donors (Lipinski definition) is 0. The first-order chi connectivity index (χ1) is 5.77. The van der Waals surface area contributed by atoms with Crippen molar-refractivity contribution in [1.82, 2.24) is 0 Å². The van der Waals surface area contributed by atoms with Crippen LogP contribution in [0.2, 0.25) is 0 Å². The summed E-state index contributed by atoms with van der Waals surface area (Å²) in [5, 5.41) is 0. The van der Waals surface area contributed by atoms with Crippen molar-refractivity contribution in [1.29, 1.82) is 0 Å². The van der Waals surface area contributed by atoms with Crippen molar-refractivity contribution >= 4 is 26.4 Å². The van der Waals surface area contributed by atoms with E-state index in [-0.39, 0.29) is 0 Å². The average Bonchev–Trinajstić information content (AvgIpc) is 2.02. The zero-order chi connectivity index (χ0) is 9.23. The Morgan fingerprint density at radius 2 is 1.75 bits per heavy atom. The molecule has 0 aromatic carbocycles. The topological polar surface area (TPSA) is 17.1 Å². The van der Waals surface area contributed by atoms with E-state index >= 15 is 0 Å². The number of hydrogen-bond acceptors (Lipinski definition) is 1. The van der Waals surface area contributed by atoms with Crippen molar-refractivity contribution in [3.63, 3.8) is 0 Å². The first kappa shape index (κ1) is 12.1. The molecule has 0 saturated heterocycles. The second-order valence-electron chi connectivity index (χ2n) is 2.95. The Kier molecular flexibility index (Phi) is 9.34. The predicted molar refractivity (Wildman–Crippen MR) is 61.5 cm³/mol. The number of unbranched alkanes of at least 4 members (excludes halogenated alkanes) is 5. The second kappa shape index (κ2) is 9.23. The minimum Gasteiger partial charge on any atom is -0.288 e. The van der Waals surface area contributed by atoms with Gasteiger partial charge in [-0.3, -0.25) is 4.79 Å². The molecule has 0 aromatic rings. The quantitative estimate of drug-likeness (QED) is 0.285. The third kappa shape index (κ3) is 10.1. The van der Waals surface area contributed by atoms with Crippen LogP contribution in [0.5, 0.6) is 0 Å². The van der Waals surface area contributed by atoms with Gasteiger partial charge in [-0.05, 0) is 41.9 Å². The Morgan fingerprint density at radius 3 is 2.33 bits per heavy atom. The van der Waals surface area contributed by atoms with Crippen LogP contribution in [-0.2, 0) is 4.79 Å². The van der Waals surface area contributed by atoms with E-state index in [1.807, 2.05) is 28.7 Å². The SMILES string of the molecule is C=CCCCCCCCC(=O)I. The molecule has 0 aliphatic rings. The van der Waals surface area contributed by atoms with Crippen LogP contribution in [0, 0.1) is 0 Å². The monoisotopic (exact) mass is 280 g/mol. The normalized spacial score (nSPS) is 9.75. The van der Waals surface area contributed by atoms with Crippen molar-refractivity contribution in [2.45, 2.75) is 44.9 Å². The Balaban J connectivity index is 2.90. The minimum atomic E-state index is 0.290. The van der Waals surface area contributed by atoms with Crippen LogP contribution in [0.3, 0.4) is 0 Å². The zero-order valence-electron chi connectivity index (χ0n) is 7.52. The molecule has 0 aliphatic heterocycles. The third-order valence-corrected chi connectivity index (χ3v) is 2.32. The largest absolute Gasteiger partial charge is 0.288 e. The van der Waals surface area contributed by atoms with E-state index < -0.39 is 0 Å². The van der Waals surface area contributed by atoms with E-state index in [4.69, 9.17) is 0 Å². The van der Waals surface area contributed by atoms with Crippen molar-refractivity contribution < 1.29 is 4.79 Å². The van der Waals surface area contributed by atoms with Gasteiger partial charge in [0.1, 0.15) is 0 Å². The van der Waals surface area contributed by atoms with Crippen molar-refractivity contribution in [3.8, 4) is 0 Å². The molecule has 0 atom stereocenters. The predicted octanol–water partition coefficient (Wildman–Crippen LogP) is 3.86. The van der Waals surface area contributed by atoms with Gasteiger partial charge in [0.15, 0.2) is 3.79 Å². The number of rotatable bonds is 8. The summed E-state index contributed by atoms with van der Waals surface area (Å²) >= 11 is 1.86. The van der Waals surface area contributed by atoms with E-state index in [0.29, 0.717) is 3.79 Å². The molecular weight excluding hydrogens is 263 g/mol. The van der Waals surface area contributed by atoms with Gasteiger partial charge in [0.05, 0.1) is 0 Å². The summed E-state index contributed by atoms with van der Waals surface area (Å²) in [6.45, 7) is 3.67. The second-order valence-corrected chi connectivity index (χ2v) is 4.15. The van der Waals surface area contributed by atoms with Gasteiger partial charge in [-0.1, -0.05) is 25.3 Å². The molecule has 12 heavy (non-hydrogen) atoms. The van der Waals surface area contributed by atoms with Crippen molar-refractivity contribution in [3.05, 3.63) is 12.7 Å². The summed E-state index contributed by atoms with van der Waals surface area (Å²) in [4.78, 5) is 10.6. The van der Waals surface area contributed by atoms with E-state index in [9.17, 15) is 4.79 Å². The highest BCUT2D eigenvalue weighted by Gasteiger charge is 1.94. The van der Waals surface area contributed by atoms with Gasteiger partial charge in [0.25, 0.3) is 0 Å². The molecule has 0 N–H and O–H groups in total. The molecule has 0 rings (SSSR count). The molecule has 70 valence electrons. The molecule has 0 unspecified atom stereocenters. The van der Waals surface area contributed by atoms with E-state index in [0.717, 1.165) is 19.3 Å². The van der Waals surface area contributed by atoms with Gasteiger partial charge in [-0.2, -0.15) is 0 Å². The summed E-state index contributed by atoms with van der Waals surface area (Å²) in [5.41, 5.74) is 0. The lowest BCUT2D eigenvalue weighted by Crippen LogP contribution is -1.85. The summed E-state index contributed by atoms with van der Waals surface area (Å²) in [7, 11) is 0. The van der Waals surface area contributed by atoms with Gasteiger partial charge in [-0.15, -0.1) is 6.58 Å². The summed E-state index contributed by atoms with van der Waals surface area (Å²) in [6.07, 6.45) is 9.91. The van der Waals surface area contributed by atoms with Crippen molar-refractivity contribution in [2.75, 3.05) is 0 Å². The Bertz CT molecular complexity index is 132. The van der Waals surface area contributed by atoms with Crippen LogP contribution < -0.4 is 0 Å². The lowest BCUT2D eigenvalue weighted by molar-refractivity contribution is -0.109. The van der Waals surface area contributed by atoms with Gasteiger partial charge < -0.3 is 0 Å². The molecule has 0 fully saturated rings.